The highest BCUT2D eigenvalue weighted by atomic mass is 28.3. The first kappa shape index (κ1) is 36.9. The highest BCUT2D eigenvalue weighted by Gasteiger charge is 2.50. The van der Waals surface area contributed by atoms with Crippen molar-refractivity contribution in [3.8, 4) is 33.8 Å². The predicted octanol–water partition coefficient (Wildman–Crippen LogP) is 15.0. The van der Waals surface area contributed by atoms with Crippen LogP contribution in [-0.2, 0) is 10.8 Å². The molecule has 0 unspecified atom stereocenters. The van der Waals surface area contributed by atoms with Crippen molar-refractivity contribution in [3.05, 3.63) is 198 Å². The Morgan fingerprint density at radius 2 is 0.831 bits per heavy atom. The number of benzene rings is 7. The zero-order valence-electron chi connectivity index (χ0n) is 35.0. The number of hydrogen-bond acceptors (Lipinski definition) is 3. The van der Waals surface area contributed by atoms with Crippen LogP contribution in [0, 0.1) is 0 Å². The van der Waals surface area contributed by atoms with Crippen molar-refractivity contribution in [1.29, 1.82) is 0 Å². The number of rotatable bonds is 8. The molecule has 0 atom stereocenters. The van der Waals surface area contributed by atoms with Gasteiger partial charge in [0.1, 0.15) is 11.5 Å². The fourth-order valence-electron chi connectivity index (χ4n) is 9.71. The second kappa shape index (κ2) is 13.6. The van der Waals surface area contributed by atoms with Crippen LogP contribution in [0.15, 0.2) is 180 Å². The normalized spacial score (nSPS) is 14.3. The maximum Gasteiger partial charge on any atom is 0.139 e. The molecular weight excluding hydrogens is 733 g/mol. The smallest absolute Gasteiger partial charge is 0.139 e. The van der Waals surface area contributed by atoms with E-state index in [1.165, 1.54) is 49.7 Å². The second-order valence-electron chi connectivity index (χ2n) is 18.2. The lowest BCUT2D eigenvalue weighted by Crippen LogP contribution is -2.37. The van der Waals surface area contributed by atoms with Crippen molar-refractivity contribution < 1.29 is 4.42 Å². The zero-order chi connectivity index (χ0) is 40.7. The monoisotopic (exact) mass is 782 g/mol. The van der Waals surface area contributed by atoms with E-state index in [4.69, 9.17) is 4.42 Å². The first-order valence-electron chi connectivity index (χ1n) is 20.9. The third kappa shape index (κ3) is 5.92. The first-order chi connectivity index (χ1) is 28.4. The van der Waals surface area contributed by atoms with Gasteiger partial charge in [-0.3, -0.25) is 0 Å². The Hall–Kier alpha value is -6.36. The minimum Gasteiger partial charge on any atom is -0.455 e. The highest BCUT2D eigenvalue weighted by molar-refractivity contribution is 6.88. The molecule has 1 aromatic heterocycles. The molecule has 0 aliphatic heterocycles. The van der Waals surface area contributed by atoms with Gasteiger partial charge in [-0.05, 0) is 95.6 Å². The van der Waals surface area contributed by atoms with E-state index in [0.717, 1.165) is 45.6 Å². The molecule has 7 aromatic carbocycles. The SMILES string of the molecule is CC1(C)c2cc(N(c3ccccc3)c3ccc([Si](C)(C)C)cc3)ccc2-c2oc3c(c21)C(C)(C)c1cc(N(c2ccccc2)c2ccccc2-c2ccccc2)ccc1-3. The molecule has 0 radical (unpaired) electrons. The van der Waals surface area contributed by atoms with E-state index in [9.17, 15) is 0 Å². The molecule has 290 valence electrons. The molecule has 10 rings (SSSR count). The molecule has 0 N–H and O–H groups in total. The minimum absolute atomic E-state index is 0.283. The van der Waals surface area contributed by atoms with Gasteiger partial charge in [0.25, 0.3) is 0 Å². The van der Waals surface area contributed by atoms with E-state index < -0.39 is 8.07 Å². The molecule has 1 heterocycles. The van der Waals surface area contributed by atoms with Gasteiger partial charge < -0.3 is 14.2 Å². The van der Waals surface area contributed by atoms with E-state index in [0.29, 0.717) is 0 Å². The van der Waals surface area contributed by atoms with Crippen LogP contribution in [0.5, 0.6) is 0 Å². The topological polar surface area (TPSA) is 19.6 Å². The molecule has 0 spiro atoms. The average molecular weight is 783 g/mol. The molecule has 8 aromatic rings. The van der Waals surface area contributed by atoms with Crippen LogP contribution < -0.4 is 15.0 Å². The van der Waals surface area contributed by atoms with Crippen LogP contribution in [-0.4, -0.2) is 8.07 Å². The summed E-state index contributed by atoms with van der Waals surface area (Å²) >= 11 is 0. The number of anilines is 6. The lowest BCUT2D eigenvalue weighted by Gasteiger charge is -2.31. The van der Waals surface area contributed by atoms with Crippen LogP contribution in [0.25, 0.3) is 33.8 Å². The Balaban J connectivity index is 1.07. The summed E-state index contributed by atoms with van der Waals surface area (Å²) < 4.78 is 7.13. The quantitative estimate of drug-likeness (QED) is 0.143. The first-order valence-corrected chi connectivity index (χ1v) is 24.4. The van der Waals surface area contributed by atoms with Gasteiger partial charge in [-0.15, -0.1) is 0 Å². The Kier molecular flexibility index (Phi) is 8.52. The number of nitrogens with zero attached hydrogens (tertiary/aromatic N) is 2. The summed E-state index contributed by atoms with van der Waals surface area (Å²) in [5.74, 6) is 2.02. The third-order valence-corrected chi connectivity index (χ3v) is 14.8. The molecule has 0 bridgehead atoms. The molecule has 3 nitrogen and oxygen atoms in total. The predicted molar refractivity (Wildman–Crippen MR) is 252 cm³/mol. The summed E-state index contributed by atoms with van der Waals surface area (Å²) in [7, 11) is -1.44. The van der Waals surface area contributed by atoms with Crippen LogP contribution in [0.3, 0.4) is 0 Å². The van der Waals surface area contributed by atoms with Crippen molar-refractivity contribution in [1.82, 2.24) is 0 Å². The van der Waals surface area contributed by atoms with E-state index in [-0.39, 0.29) is 10.8 Å². The molecule has 0 fully saturated rings. The van der Waals surface area contributed by atoms with E-state index in [2.05, 4.69) is 233 Å². The number of para-hydroxylation sites is 3. The second-order valence-corrected chi connectivity index (χ2v) is 23.3. The van der Waals surface area contributed by atoms with Crippen LogP contribution in [0.1, 0.15) is 49.9 Å². The molecule has 4 heteroatoms. The number of furan rings is 1. The van der Waals surface area contributed by atoms with Gasteiger partial charge in [0, 0.05) is 67.1 Å². The van der Waals surface area contributed by atoms with Gasteiger partial charge in [0.2, 0.25) is 0 Å². The molecule has 0 saturated carbocycles. The Labute approximate surface area is 350 Å². The summed E-state index contributed by atoms with van der Waals surface area (Å²) in [6, 6.07) is 64.1. The minimum atomic E-state index is -1.44. The Morgan fingerprint density at radius 3 is 1.36 bits per heavy atom. The molecule has 0 saturated heterocycles. The van der Waals surface area contributed by atoms with Crippen LogP contribution >= 0.6 is 0 Å². The molecule has 0 amide bonds. The molecule has 59 heavy (non-hydrogen) atoms. The molecule has 2 aliphatic rings. The van der Waals surface area contributed by atoms with Crippen molar-refractivity contribution in [2.45, 2.75) is 58.2 Å². The van der Waals surface area contributed by atoms with Gasteiger partial charge in [-0.2, -0.15) is 0 Å². The van der Waals surface area contributed by atoms with Crippen LogP contribution in [0.2, 0.25) is 19.6 Å². The summed E-state index contributed by atoms with van der Waals surface area (Å²) in [5.41, 5.74) is 16.2. The van der Waals surface area contributed by atoms with E-state index in [1.807, 2.05) is 0 Å². The van der Waals surface area contributed by atoms with Gasteiger partial charge in [0.05, 0.1) is 13.8 Å². The van der Waals surface area contributed by atoms with Gasteiger partial charge in [-0.25, -0.2) is 0 Å². The summed E-state index contributed by atoms with van der Waals surface area (Å²) in [4.78, 5) is 4.80. The van der Waals surface area contributed by atoms with Gasteiger partial charge in [0.15, 0.2) is 0 Å². The van der Waals surface area contributed by atoms with Crippen molar-refractivity contribution in [2.75, 3.05) is 9.80 Å². The van der Waals surface area contributed by atoms with E-state index in [1.54, 1.807) is 0 Å². The highest BCUT2D eigenvalue weighted by Crippen LogP contribution is 2.62. The average Bonchev–Trinajstić information content (AvgIpc) is 3.83. The third-order valence-electron chi connectivity index (χ3n) is 12.8. The van der Waals surface area contributed by atoms with Gasteiger partial charge in [-0.1, -0.05) is 150 Å². The van der Waals surface area contributed by atoms with Crippen molar-refractivity contribution in [2.24, 2.45) is 0 Å². The van der Waals surface area contributed by atoms with Gasteiger partial charge >= 0.3 is 0 Å². The van der Waals surface area contributed by atoms with Crippen molar-refractivity contribution >= 4 is 47.4 Å². The largest absolute Gasteiger partial charge is 0.455 e. The summed E-state index contributed by atoms with van der Waals surface area (Å²) in [5, 5.41) is 1.46. The Bertz CT molecular complexity index is 2850. The Morgan fingerprint density at radius 1 is 0.407 bits per heavy atom. The molecular formula is C55H50N2OSi. The fraction of sp³-hybridized carbons (Fsp3) is 0.164. The number of fused-ring (bicyclic) bond motifs is 7. The summed E-state index contributed by atoms with van der Waals surface area (Å²) in [6.07, 6.45) is 0. The lowest BCUT2D eigenvalue weighted by molar-refractivity contribution is 0.592. The summed E-state index contributed by atoms with van der Waals surface area (Å²) in [6.45, 7) is 16.8. The standard InChI is InChI=1S/C55H50N2OSi/c1-54(2)47-35-41(56(38-21-13-9-14-22-38)40-27-31-43(32-28-40)59(5,6)7)29-33-45(47)52-50(54)51-53(58-52)46-34-30-42(36-48(46)55(51,3)4)57(39-23-15-10-16-24-39)49-26-18-17-25-44(49)37-19-11-8-12-20-37/h8-36H,1-7H3. The van der Waals surface area contributed by atoms with E-state index >= 15 is 0 Å². The molecule has 2 aliphatic carbocycles. The maximum absolute atomic E-state index is 7.13. The van der Waals surface area contributed by atoms with Crippen molar-refractivity contribution in [3.63, 3.8) is 0 Å². The van der Waals surface area contributed by atoms with Crippen LogP contribution in [0.4, 0.5) is 34.1 Å². The lowest BCUT2D eigenvalue weighted by atomic mass is 9.74. The number of hydrogen-bond donors (Lipinski definition) is 0. The fourth-order valence-corrected chi connectivity index (χ4v) is 10.9. The maximum atomic E-state index is 7.13. The zero-order valence-corrected chi connectivity index (χ0v) is 36.0.